The lowest BCUT2D eigenvalue weighted by molar-refractivity contribution is 0.0719. The summed E-state index contributed by atoms with van der Waals surface area (Å²) in [6.07, 6.45) is 3.10. The number of nitrogens with zero attached hydrogens (tertiary/aromatic N) is 3. The van der Waals surface area contributed by atoms with Crippen molar-refractivity contribution in [3.05, 3.63) is 17.5 Å². The second-order valence-electron chi connectivity index (χ2n) is 6.66. The molecule has 0 unspecified atom stereocenters. The standard InChI is InChI=1S/C16H26N4O4S/c1-12-11-13(2)18-16(17-12)24-15-5-3-14(4-6-15)19-25(21,22)20-7-9-23-10-8-20/h11,14-15,19H,3-10H2,1-2H3. The molecule has 1 aliphatic carbocycles. The van der Waals surface area contributed by atoms with E-state index in [9.17, 15) is 8.42 Å². The van der Waals surface area contributed by atoms with E-state index < -0.39 is 10.2 Å². The predicted molar refractivity (Wildman–Crippen MR) is 92.6 cm³/mol. The maximum atomic E-state index is 12.4. The van der Waals surface area contributed by atoms with Crippen LogP contribution in [0.1, 0.15) is 37.1 Å². The first-order valence-electron chi connectivity index (χ1n) is 8.76. The predicted octanol–water partition coefficient (Wildman–Crippen LogP) is 0.950. The van der Waals surface area contributed by atoms with Crippen LogP contribution in [-0.2, 0) is 14.9 Å². The molecular weight excluding hydrogens is 344 g/mol. The zero-order valence-corrected chi connectivity index (χ0v) is 15.6. The molecule has 25 heavy (non-hydrogen) atoms. The highest BCUT2D eigenvalue weighted by molar-refractivity contribution is 7.87. The molecule has 2 fully saturated rings. The molecule has 1 saturated carbocycles. The highest BCUT2D eigenvalue weighted by Gasteiger charge is 2.30. The zero-order chi connectivity index (χ0) is 17.9. The van der Waals surface area contributed by atoms with Crippen LogP contribution >= 0.6 is 0 Å². The topological polar surface area (TPSA) is 93.6 Å². The first-order chi connectivity index (χ1) is 11.9. The molecule has 0 aromatic carbocycles. The van der Waals surface area contributed by atoms with Crippen LogP contribution in [0.25, 0.3) is 0 Å². The summed E-state index contributed by atoms with van der Waals surface area (Å²) in [5.74, 6) is 0. The fraction of sp³-hybridized carbons (Fsp3) is 0.750. The highest BCUT2D eigenvalue weighted by atomic mass is 32.2. The van der Waals surface area contributed by atoms with E-state index in [4.69, 9.17) is 9.47 Å². The molecule has 0 radical (unpaired) electrons. The molecule has 1 aromatic rings. The molecule has 0 bridgehead atoms. The summed E-state index contributed by atoms with van der Waals surface area (Å²) < 4.78 is 40.2. The van der Waals surface area contributed by atoms with Gasteiger partial charge in [-0.25, -0.2) is 9.97 Å². The van der Waals surface area contributed by atoms with E-state index in [1.807, 2.05) is 19.9 Å². The zero-order valence-electron chi connectivity index (χ0n) is 14.8. The number of morpholine rings is 1. The van der Waals surface area contributed by atoms with Crippen LogP contribution < -0.4 is 9.46 Å². The number of ether oxygens (including phenoxy) is 2. The maximum Gasteiger partial charge on any atom is 0.317 e. The fourth-order valence-electron chi connectivity index (χ4n) is 3.27. The number of rotatable bonds is 5. The third-order valence-electron chi connectivity index (χ3n) is 4.53. The lowest BCUT2D eigenvalue weighted by Gasteiger charge is -2.32. The van der Waals surface area contributed by atoms with E-state index in [0.29, 0.717) is 32.3 Å². The third kappa shape index (κ3) is 5.10. The maximum absolute atomic E-state index is 12.4. The molecule has 140 valence electrons. The molecular formula is C16H26N4O4S. The van der Waals surface area contributed by atoms with Gasteiger partial charge in [-0.15, -0.1) is 0 Å². The lowest BCUT2D eigenvalue weighted by atomic mass is 9.94. The van der Waals surface area contributed by atoms with Crippen LogP contribution in [0, 0.1) is 13.8 Å². The summed E-state index contributed by atoms with van der Waals surface area (Å²) in [6.45, 7) is 5.57. The van der Waals surface area contributed by atoms with Gasteiger partial charge in [0, 0.05) is 30.5 Å². The number of hydrogen-bond acceptors (Lipinski definition) is 6. The van der Waals surface area contributed by atoms with Gasteiger partial charge in [-0.2, -0.15) is 17.4 Å². The van der Waals surface area contributed by atoms with Gasteiger partial charge < -0.3 is 9.47 Å². The molecule has 8 nitrogen and oxygen atoms in total. The van der Waals surface area contributed by atoms with Gasteiger partial charge in [0.2, 0.25) is 0 Å². The van der Waals surface area contributed by atoms with E-state index >= 15 is 0 Å². The molecule has 9 heteroatoms. The SMILES string of the molecule is Cc1cc(C)nc(OC2CCC(NS(=O)(=O)N3CCOCC3)CC2)n1. The van der Waals surface area contributed by atoms with Gasteiger partial charge in [0.1, 0.15) is 6.10 Å². The number of aromatic nitrogens is 2. The Hall–Kier alpha value is -1.29. The van der Waals surface area contributed by atoms with E-state index in [1.165, 1.54) is 4.31 Å². The van der Waals surface area contributed by atoms with Crippen molar-refractivity contribution < 1.29 is 17.9 Å². The van der Waals surface area contributed by atoms with Crippen LogP contribution in [0.5, 0.6) is 6.01 Å². The van der Waals surface area contributed by atoms with Crippen LogP contribution in [0.15, 0.2) is 6.07 Å². The number of hydrogen-bond donors (Lipinski definition) is 1. The summed E-state index contributed by atoms with van der Waals surface area (Å²) in [4.78, 5) is 8.61. The average molecular weight is 370 g/mol. The normalized spacial score (nSPS) is 25.7. The van der Waals surface area contributed by atoms with Crippen LogP contribution in [0.4, 0.5) is 0 Å². The van der Waals surface area contributed by atoms with Crippen molar-refractivity contribution in [1.29, 1.82) is 0 Å². The number of aryl methyl sites for hydroxylation is 2. The van der Waals surface area contributed by atoms with Crippen LogP contribution in [0.2, 0.25) is 0 Å². The molecule has 3 rings (SSSR count). The molecule has 0 amide bonds. The Labute approximate surface area is 149 Å². The molecule has 1 N–H and O–H groups in total. The summed E-state index contributed by atoms with van der Waals surface area (Å²) in [5, 5.41) is 0. The minimum atomic E-state index is -3.43. The van der Waals surface area contributed by atoms with E-state index in [2.05, 4.69) is 14.7 Å². The minimum Gasteiger partial charge on any atom is -0.460 e. The largest absolute Gasteiger partial charge is 0.460 e. The van der Waals surface area contributed by atoms with E-state index in [1.54, 1.807) is 0 Å². The molecule has 2 heterocycles. The molecule has 2 aliphatic rings. The van der Waals surface area contributed by atoms with Crippen molar-refractivity contribution in [3.63, 3.8) is 0 Å². The van der Waals surface area contributed by atoms with E-state index in [-0.39, 0.29) is 12.1 Å². The summed E-state index contributed by atoms with van der Waals surface area (Å²) in [5.41, 5.74) is 1.77. The number of nitrogens with one attached hydrogen (secondary N) is 1. The van der Waals surface area contributed by atoms with Gasteiger partial charge in [-0.05, 0) is 45.6 Å². The van der Waals surface area contributed by atoms with Crippen molar-refractivity contribution in [3.8, 4) is 6.01 Å². The van der Waals surface area contributed by atoms with Crippen LogP contribution in [-0.4, -0.2) is 61.1 Å². The van der Waals surface area contributed by atoms with Crippen LogP contribution in [0.3, 0.4) is 0 Å². The first kappa shape index (κ1) is 18.5. The smallest absolute Gasteiger partial charge is 0.317 e. The quantitative estimate of drug-likeness (QED) is 0.829. The monoisotopic (exact) mass is 370 g/mol. The second-order valence-corrected chi connectivity index (χ2v) is 8.36. The van der Waals surface area contributed by atoms with Gasteiger partial charge in [0.05, 0.1) is 13.2 Å². The second kappa shape index (κ2) is 7.94. The minimum absolute atomic E-state index is 0.0327. The average Bonchev–Trinajstić information content (AvgIpc) is 2.56. The van der Waals surface area contributed by atoms with Crippen molar-refractivity contribution in [2.45, 2.75) is 51.7 Å². The molecule has 1 saturated heterocycles. The Morgan fingerprint density at radius 2 is 1.72 bits per heavy atom. The third-order valence-corrected chi connectivity index (χ3v) is 6.21. The lowest BCUT2D eigenvalue weighted by Crippen LogP contribution is -2.50. The van der Waals surface area contributed by atoms with Gasteiger partial charge in [-0.1, -0.05) is 0 Å². The molecule has 0 atom stereocenters. The molecule has 1 aliphatic heterocycles. The Morgan fingerprint density at radius 3 is 2.32 bits per heavy atom. The fourth-order valence-corrected chi connectivity index (χ4v) is 4.70. The van der Waals surface area contributed by atoms with Gasteiger partial charge in [-0.3, -0.25) is 0 Å². The molecule has 1 aromatic heterocycles. The van der Waals surface area contributed by atoms with Gasteiger partial charge in [0.15, 0.2) is 0 Å². The van der Waals surface area contributed by atoms with Crippen molar-refractivity contribution >= 4 is 10.2 Å². The Balaban J connectivity index is 1.50. The van der Waals surface area contributed by atoms with Gasteiger partial charge in [0.25, 0.3) is 10.2 Å². The van der Waals surface area contributed by atoms with E-state index in [0.717, 1.165) is 37.1 Å². The van der Waals surface area contributed by atoms with Gasteiger partial charge >= 0.3 is 6.01 Å². The summed E-state index contributed by atoms with van der Waals surface area (Å²) >= 11 is 0. The Bertz CT molecular complexity index is 663. The summed E-state index contributed by atoms with van der Waals surface area (Å²) in [7, 11) is -3.43. The van der Waals surface area contributed by atoms with Crippen molar-refractivity contribution in [2.75, 3.05) is 26.3 Å². The molecule has 0 spiro atoms. The highest BCUT2D eigenvalue weighted by Crippen LogP contribution is 2.23. The van der Waals surface area contributed by atoms with Crippen molar-refractivity contribution in [1.82, 2.24) is 19.0 Å². The summed E-state index contributed by atoms with van der Waals surface area (Å²) in [6, 6.07) is 2.27. The Kier molecular flexibility index (Phi) is 5.88. The Morgan fingerprint density at radius 1 is 1.12 bits per heavy atom. The first-order valence-corrected chi connectivity index (χ1v) is 10.2. The van der Waals surface area contributed by atoms with Crippen molar-refractivity contribution in [2.24, 2.45) is 0 Å².